The lowest BCUT2D eigenvalue weighted by Gasteiger charge is -2.33. The van der Waals surface area contributed by atoms with Gasteiger partial charge in [0.05, 0.1) is 11.4 Å². The Bertz CT molecular complexity index is 683. The molecule has 2 aromatic rings. The van der Waals surface area contributed by atoms with Gasteiger partial charge in [0, 0.05) is 28.4 Å². The Morgan fingerprint density at radius 1 is 1.09 bits per heavy atom. The standard InChI is InChI=1S/C18H19ClN2S/c1-20(2)10-11-21-16-12-15(19)8-9-18(16)22-13-17(21)14-6-4-3-5-7-14/h3-9,12-13H,10-11H2,1-2H3. The molecule has 22 heavy (non-hydrogen) atoms. The molecule has 0 bridgehead atoms. The van der Waals surface area contributed by atoms with Crippen LogP contribution in [-0.4, -0.2) is 32.1 Å². The zero-order valence-corrected chi connectivity index (χ0v) is 14.4. The van der Waals surface area contributed by atoms with Gasteiger partial charge in [-0.25, -0.2) is 0 Å². The van der Waals surface area contributed by atoms with Crippen LogP contribution in [-0.2, 0) is 0 Å². The highest BCUT2D eigenvalue weighted by Crippen LogP contribution is 2.42. The Morgan fingerprint density at radius 2 is 1.86 bits per heavy atom. The number of benzene rings is 2. The predicted molar refractivity (Wildman–Crippen MR) is 97.6 cm³/mol. The minimum atomic E-state index is 0.781. The van der Waals surface area contributed by atoms with E-state index in [1.807, 2.05) is 6.07 Å². The molecule has 0 N–H and O–H groups in total. The van der Waals surface area contributed by atoms with Gasteiger partial charge in [0.15, 0.2) is 0 Å². The van der Waals surface area contributed by atoms with Gasteiger partial charge in [0.1, 0.15) is 0 Å². The van der Waals surface area contributed by atoms with Crippen molar-refractivity contribution in [2.45, 2.75) is 4.90 Å². The van der Waals surface area contributed by atoms with Gasteiger partial charge in [0.2, 0.25) is 0 Å². The van der Waals surface area contributed by atoms with E-state index in [9.17, 15) is 0 Å². The second-order valence-corrected chi connectivity index (χ2v) is 6.90. The van der Waals surface area contributed by atoms with E-state index in [-0.39, 0.29) is 0 Å². The van der Waals surface area contributed by atoms with Crippen molar-refractivity contribution in [1.82, 2.24) is 4.90 Å². The molecule has 0 saturated heterocycles. The molecule has 3 rings (SSSR count). The average molecular weight is 331 g/mol. The number of likely N-dealkylation sites (N-methyl/N-ethyl adjacent to an activating group) is 1. The summed E-state index contributed by atoms with van der Waals surface area (Å²) in [5.74, 6) is 0. The number of halogens is 1. The van der Waals surface area contributed by atoms with E-state index < -0.39 is 0 Å². The minimum absolute atomic E-state index is 0.781. The maximum atomic E-state index is 6.23. The molecule has 0 fully saturated rings. The SMILES string of the molecule is CN(C)CCN1C(c2ccccc2)=CSc2ccc(Cl)cc21. The molecule has 0 saturated carbocycles. The van der Waals surface area contributed by atoms with E-state index in [0.717, 1.165) is 18.1 Å². The van der Waals surface area contributed by atoms with E-state index in [2.05, 4.69) is 71.8 Å². The van der Waals surface area contributed by atoms with Gasteiger partial charge < -0.3 is 9.80 Å². The molecule has 2 nitrogen and oxygen atoms in total. The van der Waals surface area contributed by atoms with Crippen molar-refractivity contribution in [3.05, 3.63) is 64.5 Å². The molecule has 2 aromatic carbocycles. The summed E-state index contributed by atoms with van der Waals surface area (Å²) in [4.78, 5) is 5.82. The molecule has 4 heteroatoms. The zero-order valence-electron chi connectivity index (χ0n) is 12.8. The van der Waals surface area contributed by atoms with Crippen LogP contribution in [0.5, 0.6) is 0 Å². The number of nitrogens with zero attached hydrogens (tertiary/aromatic N) is 2. The third-order valence-corrected chi connectivity index (χ3v) is 4.82. The number of fused-ring (bicyclic) bond motifs is 1. The predicted octanol–water partition coefficient (Wildman–Crippen LogP) is 4.81. The van der Waals surface area contributed by atoms with Crippen molar-refractivity contribution in [3.63, 3.8) is 0 Å². The maximum absolute atomic E-state index is 6.23. The Morgan fingerprint density at radius 3 is 2.59 bits per heavy atom. The van der Waals surface area contributed by atoms with Crippen LogP contribution in [0.4, 0.5) is 5.69 Å². The molecule has 0 spiro atoms. The first-order valence-corrected chi connectivity index (χ1v) is 8.55. The smallest absolute Gasteiger partial charge is 0.0568 e. The van der Waals surface area contributed by atoms with E-state index in [1.165, 1.54) is 21.8 Å². The first-order valence-electron chi connectivity index (χ1n) is 7.29. The number of hydrogen-bond acceptors (Lipinski definition) is 3. The Balaban J connectivity index is 2.00. The maximum Gasteiger partial charge on any atom is 0.0568 e. The second kappa shape index (κ2) is 6.78. The first kappa shape index (κ1) is 15.5. The quantitative estimate of drug-likeness (QED) is 0.794. The van der Waals surface area contributed by atoms with Crippen LogP contribution in [0.3, 0.4) is 0 Å². The third-order valence-electron chi connectivity index (χ3n) is 3.64. The van der Waals surface area contributed by atoms with Crippen LogP contribution in [0, 0.1) is 0 Å². The molecule has 1 aliphatic heterocycles. The number of thioether (sulfide) groups is 1. The van der Waals surface area contributed by atoms with Gasteiger partial charge in [-0.15, -0.1) is 0 Å². The lowest BCUT2D eigenvalue weighted by molar-refractivity contribution is 0.419. The van der Waals surface area contributed by atoms with Crippen molar-refractivity contribution >= 4 is 34.7 Å². The lowest BCUT2D eigenvalue weighted by Crippen LogP contribution is -2.31. The first-order chi connectivity index (χ1) is 10.6. The largest absolute Gasteiger partial charge is 0.338 e. The number of anilines is 1. The molecule has 0 atom stereocenters. The minimum Gasteiger partial charge on any atom is -0.338 e. The highest BCUT2D eigenvalue weighted by molar-refractivity contribution is 8.02. The molecule has 114 valence electrons. The molecule has 0 radical (unpaired) electrons. The van der Waals surface area contributed by atoms with E-state index in [0.29, 0.717) is 0 Å². The van der Waals surface area contributed by atoms with Crippen molar-refractivity contribution in [3.8, 4) is 0 Å². The lowest BCUT2D eigenvalue weighted by atomic mass is 10.1. The van der Waals surface area contributed by atoms with Gasteiger partial charge in [-0.2, -0.15) is 0 Å². The number of rotatable bonds is 4. The molecular weight excluding hydrogens is 312 g/mol. The zero-order chi connectivity index (χ0) is 15.5. The summed E-state index contributed by atoms with van der Waals surface area (Å²) in [6.45, 7) is 1.92. The molecule has 0 aromatic heterocycles. The Hall–Kier alpha value is -1.42. The molecule has 1 heterocycles. The van der Waals surface area contributed by atoms with Crippen LogP contribution in [0.2, 0.25) is 5.02 Å². The summed E-state index contributed by atoms with van der Waals surface area (Å²) in [7, 11) is 4.20. The molecular formula is C18H19ClN2S. The van der Waals surface area contributed by atoms with Crippen LogP contribution >= 0.6 is 23.4 Å². The van der Waals surface area contributed by atoms with Gasteiger partial charge in [-0.05, 0) is 37.9 Å². The summed E-state index contributed by atoms with van der Waals surface area (Å²) in [6.07, 6.45) is 0. The highest BCUT2D eigenvalue weighted by atomic mass is 35.5. The highest BCUT2D eigenvalue weighted by Gasteiger charge is 2.21. The van der Waals surface area contributed by atoms with Gasteiger partial charge in [-0.1, -0.05) is 53.7 Å². The van der Waals surface area contributed by atoms with Crippen LogP contribution in [0.15, 0.2) is 58.8 Å². The van der Waals surface area contributed by atoms with E-state index in [4.69, 9.17) is 11.6 Å². The van der Waals surface area contributed by atoms with Crippen molar-refractivity contribution in [1.29, 1.82) is 0 Å². The fraction of sp³-hybridized carbons (Fsp3) is 0.222. The molecule has 1 aliphatic rings. The molecule has 0 aliphatic carbocycles. The fourth-order valence-electron chi connectivity index (χ4n) is 2.49. The summed E-state index contributed by atoms with van der Waals surface area (Å²) >= 11 is 7.99. The number of hydrogen-bond donors (Lipinski definition) is 0. The topological polar surface area (TPSA) is 6.48 Å². The van der Waals surface area contributed by atoms with Gasteiger partial charge in [-0.3, -0.25) is 0 Å². The summed E-state index contributed by atoms with van der Waals surface area (Å²) in [5.41, 5.74) is 3.67. The van der Waals surface area contributed by atoms with Gasteiger partial charge >= 0.3 is 0 Å². The fourth-order valence-corrected chi connectivity index (χ4v) is 3.59. The molecule has 0 unspecified atom stereocenters. The average Bonchev–Trinajstić information content (AvgIpc) is 2.53. The Labute approximate surface area is 141 Å². The van der Waals surface area contributed by atoms with Crippen LogP contribution in [0.1, 0.15) is 5.56 Å². The summed E-state index contributed by atoms with van der Waals surface area (Å²) in [5, 5.41) is 3.02. The van der Waals surface area contributed by atoms with Gasteiger partial charge in [0.25, 0.3) is 0 Å². The van der Waals surface area contributed by atoms with E-state index in [1.54, 1.807) is 11.8 Å². The van der Waals surface area contributed by atoms with Crippen molar-refractivity contribution in [2.24, 2.45) is 0 Å². The normalized spacial score (nSPS) is 14.0. The van der Waals surface area contributed by atoms with Crippen molar-refractivity contribution in [2.75, 3.05) is 32.1 Å². The molecule has 0 amide bonds. The third kappa shape index (κ3) is 3.32. The monoisotopic (exact) mass is 330 g/mol. The summed E-state index contributed by atoms with van der Waals surface area (Å²) < 4.78 is 0. The second-order valence-electron chi connectivity index (χ2n) is 5.55. The van der Waals surface area contributed by atoms with Crippen molar-refractivity contribution < 1.29 is 0 Å². The Kier molecular flexibility index (Phi) is 4.77. The van der Waals surface area contributed by atoms with Crippen LogP contribution in [0.25, 0.3) is 5.70 Å². The van der Waals surface area contributed by atoms with E-state index >= 15 is 0 Å². The van der Waals surface area contributed by atoms with Crippen LogP contribution < -0.4 is 4.90 Å². The summed E-state index contributed by atoms with van der Waals surface area (Å²) in [6, 6.07) is 16.7.